The number of carbonyl (C=O) groups is 2. The van der Waals surface area contributed by atoms with Gasteiger partial charge in [-0.25, -0.2) is 0 Å². The minimum Gasteiger partial charge on any atom is -0.466 e. The van der Waals surface area contributed by atoms with Gasteiger partial charge in [0.25, 0.3) is 0 Å². The van der Waals surface area contributed by atoms with Crippen molar-refractivity contribution in [1.29, 1.82) is 0 Å². The lowest BCUT2D eigenvalue weighted by Crippen LogP contribution is -2.45. The number of esters is 1. The average molecular weight is 1170 g/mol. The van der Waals surface area contributed by atoms with Crippen LogP contribution in [-0.4, -0.2) is 47.4 Å². The number of aliphatic hydroxyl groups is 2. The fourth-order valence-corrected chi connectivity index (χ4v) is 11.6. The lowest BCUT2D eigenvalue weighted by atomic mass is 10.0. The van der Waals surface area contributed by atoms with Crippen molar-refractivity contribution in [2.24, 2.45) is 0 Å². The second kappa shape index (κ2) is 72.3. The normalized spacial score (nSPS) is 12.8. The van der Waals surface area contributed by atoms with Gasteiger partial charge in [-0.3, -0.25) is 9.59 Å². The molecule has 2 atom stereocenters. The number of aliphatic hydroxyl groups excluding tert-OH is 2. The van der Waals surface area contributed by atoms with E-state index in [9.17, 15) is 19.8 Å². The second-order valence-corrected chi connectivity index (χ2v) is 25.6. The van der Waals surface area contributed by atoms with Crippen LogP contribution in [0.1, 0.15) is 406 Å². The first-order valence-corrected chi connectivity index (χ1v) is 37.4. The molecular weight excluding hydrogens is 1020 g/mol. The van der Waals surface area contributed by atoms with Gasteiger partial charge in [0, 0.05) is 12.8 Å². The number of unbranched alkanes of at least 4 members (excludes halogenated alkanes) is 53. The van der Waals surface area contributed by atoms with E-state index < -0.39 is 12.1 Å². The van der Waals surface area contributed by atoms with E-state index in [1.165, 1.54) is 327 Å². The van der Waals surface area contributed by atoms with E-state index >= 15 is 0 Å². The molecule has 488 valence electrons. The molecule has 6 heteroatoms. The number of carbonyl (C=O) groups excluding carboxylic acids is 2. The summed E-state index contributed by atoms with van der Waals surface area (Å²) < 4.78 is 5.49. The Morgan fingerprint density at radius 1 is 0.337 bits per heavy atom. The Labute approximate surface area is 518 Å². The Balaban J connectivity index is 3.37. The molecule has 0 aromatic rings. The summed E-state index contributed by atoms with van der Waals surface area (Å²) in [7, 11) is 0. The van der Waals surface area contributed by atoms with Crippen LogP contribution in [0.3, 0.4) is 0 Å². The van der Waals surface area contributed by atoms with Crippen molar-refractivity contribution in [2.75, 3.05) is 13.2 Å². The Bertz CT molecular complexity index is 1390. The van der Waals surface area contributed by atoms with Crippen LogP contribution in [-0.2, 0) is 14.3 Å². The minimum absolute atomic E-state index is 0.0108. The van der Waals surface area contributed by atoms with E-state index in [1.807, 2.05) is 6.08 Å². The van der Waals surface area contributed by atoms with Crippen LogP contribution < -0.4 is 5.32 Å². The zero-order valence-corrected chi connectivity index (χ0v) is 55.9. The van der Waals surface area contributed by atoms with Crippen molar-refractivity contribution in [3.05, 3.63) is 48.6 Å². The molecule has 0 aliphatic carbocycles. The van der Waals surface area contributed by atoms with Crippen molar-refractivity contribution >= 4 is 11.9 Å². The number of nitrogens with one attached hydrogen (secondary N) is 1. The highest BCUT2D eigenvalue weighted by atomic mass is 16.5. The van der Waals surface area contributed by atoms with Gasteiger partial charge in [-0.2, -0.15) is 0 Å². The van der Waals surface area contributed by atoms with Crippen molar-refractivity contribution in [2.45, 2.75) is 418 Å². The molecule has 0 aromatic heterocycles. The summed E-state index contributed by atoms with van der Waals surface area (Å²) in [6.07, 6.45) is 95.1. The molecule has 0 aliphatic heterocycles. The summed E-state index contributed by atoms with van der Waals surface area (Å²) in [6.45, 7) is 4.92. The fraction of sp³-hybridized carbons (Fsp3) is 0.870. The van der Waals surface area contributed by atoms with E-state index in [4.69, 9.17) is 4.74 Å². The number of hydrogen-bond acceptors (Lipinski definition) is 5. The highest BCUT2D eigenvalue weighted by Crippen LogP contribution is 2.18. The molecule has 6 nitrogen and oxygen atoms in total. The first-order chi connectivity index (χ1) is 41.0. The molecule has 0 rings (SSSR count). The van der Waals surface area contributed by atoms with Crippen molar-refractivity contribution in [3.63, 3.8) is 0 Å². The monoisotopic (exact) mass is 1160 g/mol. The molecule has 0 bridgehead atoms. The van der Waals surface area contributed by atoms with E-state index in [1.54, 1.807) is 6.08 Å². The predicted molar refractivity (Wildman–Crippen MR) is 366 cm³/mol. The van der Waals surface area contributed by atoms with E-state index in [2.05, 4.69) is 55.6 Å². The zero-order chi connectivity index (χ0) is 59.9. The van der Waals surface area contributed by atoms with Gasteiger partial charge < -0.3 is 20.3 Å². The second-order valence-electron chi connectivity index (χ2n) is 25.6. The predicted octanol–water partition coefficient (Wildman–Crippen LogP) is 24.4. The van der Waals surface area contributed by atoms with E-state index in [0.717, 1.165) is 51.4 Å². The lowest BCUT2D eigenvalue weighted by Gasteiger charge is -2.20. The Kier molecular flexibility index (Phi) is 70.4. The number of allylic oxidation sites excluding steroid dienone is 7. The molecule has 0 fully saturated rings. The molecule has 3 N–H and O–H groups in total. The Hall–Kier alpha value is -2.18. The first kappa shape index (κ1) is 80.8. The molecule has 1 amide bonds. The summed E-state index contributed by atoms with van der Waals surface area (Å²) in [6, 6.07) is -0.626. The van der Waals surface area contributed by atoms with Crippen LogP contribution in [0.5, 0.6) is 0 Å². The SMILES string of the molecule is CCCCCCCC/C=C\CCCCCCCC(=O)OCCCCCCCCCCCCCCC/C=C\C/C=C\CCCCCCCCCCCCCCCCCCCC(=O)NC(CO)C(O)/C=C/CCCCCCCCCCCCCC. The Morgan fingerprint density at radius 3 is 0.928 bits per heavy atom. The largest absolute Gasteiger partial charge is 0.466 e. The molecule has 0 spiro atoms. The van der Waals surface area contributed by atoms with Gasteiger partial charge in [-0.05, 0) is 89.9 Å². The molecule has 0 aromatic carbocycles. The summed E-state index contributed by atoms with van der Waals surface area (Å²) in [5.74, 6) is -0.0528. The molecule has 0 saturated heterocycles. The van der Waals surface area contributed by atoms with Crippen molar-refractivity contribution in [3.8, 4) is 0 Å². The molecule has 83 heavy (non-hydrogen) atoms. The van der Waals surface area contributed by atoms with E-state index in [-0.39, 0.29) is 18.5 Å². The highest BCUT2D eigenvalue weighted by molar-refractivity contribution is 5.76. The Morgan fingerprint density at radius 2 is 0.602 bits per heavy atom. The zero-order valence-electron chi connectivity index (χ0n) is 55.9. The first-order valence-electron chi connectivity index (χ1n) is 37.4. The van der Waals surface area contributed by atoms with Gasteiger partial charge in [0.1, 0.15) is 0 Å². The molecule has 0 heterocycles. The van der Waals surface area contributed by atoms with Crippen LogP contribution in [0.2, 0.25) is 0 Å². The van der Waals surface area contributed by atoms with E-state index in [0.29, 0.717) is 19.4 Å². The standard InChI is InChI=1S/C77H145NO5/c1-3-5-7-9-11-13-15-17-42-47-51-55-59-63-67-71-77(82)83-72-68-64-60-56-52-48-44-41-39-37-35-33-31-29-27-25-23-21-19-20-22-24-26-28-30-32-34-36-38-40-43-46-50-54-58-62-66-70-76(81)78-74(73-79)75(80)69-65-61-57-53-49-45-18-16-14-12-10-8-6-4-2/h17,19,21,25,27,42,65,69,74-75,79-80H,3-16,18,20,22-24,26,28-41,43-64,66-68,70-73H2,1-2H3,(H,78,81)/b21-19-,27-25-,42-17-,69-65+. The minimum atomic E-state index is -0.842. The van der Waals surface area contributed by atoms with Gasteiger partial charge in [0.05, 0.1) is 25.4 Å². The number of rotatable bonds is 70. The number of ether oxygens (including phenoxy) is 1. The molecule has 0 aliphatic rings. The summed E-state index contributed by atoms with van der Waals surface area (Å²) >= 11 is 0. The maximum Gasteiger partial charge on any atom is 0.305 e. The van der Waals surface area contributed by atoms with Gasteiger partial charge in [-0.1, -0.05) is 351 Å². The highest BCUT2D eigenvalue weighted by Gasteiger charge is 2.18. The van der Waals surface area contributed by atoms with Crippen LogP contribution in [0.15, 0.2) is 48.6 Å². The fourth-order valence-electron chi connectivity index (χ4n) is 11.6. The van der Waals surface area contributed by atoms with Crippen LogP contribution >= 0.6 is 0 Å². The molecule has 0 saturated carbocycles. The average Bonchev–Trinajstić information content (AvgIpc) is 3.49. The number of amides is 1. The third-order valence-corrected chi connectivity index (χ3v) is 17.3. The van der Waals surface area contributed by atoms with Gasteiger partial charge in [-0.15, -0.1) is 0 Å². The molecule has 0 radical (unpaired) electrons. The number of hydrogen-bond donors (Lipinski definition) is 3. The van der Waals surface area contributed by atoms with Gasteiger partial charge in [0.15, 0.2) is 0 Å². The van der Waals surface area contributed by atoms with Crippen LogP contribution in [0, 0.1) is 0 Å². The maximum atomic E-state index is 12.5. The third kappa shape index (κ3) is 68.8. The summed E-state index contributed by atoms with van der Waals surface area (Å²) in [5.41, 5.74) is 0. The van der Waals surface area contributed by atoms with Crippen molar-refractivity contribution in [1.82, 2.24) is 5.32 Å². The lowest BCUT2D eigenvalue weighted by molar-refractivity contribution is -0.143. The topological polar surface area (TPSA) is 95.9 Å². The van der Waals surface area contributed by atoms with Gasteiger partial charge >= 0.3 is 5.97 Å². The smallest absolute Gasteiger partial charge is 0.305 e. The van der Waals surface area contributed by atoms with Crippen molar-refractivity contribution < 1.29 is 24.5 Å². The van der Waals surface area contributed by atoms with Crippen LogP contribution in [0.4, 0.5) is 0 Å². The maximum absolute atomic E-state index is 12.5. The molecular formula is C77H145NO5. The summed E-state index contributed by atoms with van der Waals surface area (Å²) in [4.78, 5) is 24.6. The van der Waals surface area contributed by atoms with Crippen LogP contribution in [0.25, 0.3) is 0 Å². The van der Waals surface area contributed by atoms with Gasteiger partial charge in [0.2, 0.25) is 5.91 Å². The summed E-state index contributed by atoms with van der Waals surface area (Å²) in [5, 5.41) is 23.2. The molecule has 2 unspecified atom stereocenters. The third-order valence-electron chi connectivity index (χ3n) is 17.3. The quantitative estimate of drug-likeness (QED) is 0.0320.